The predicted octanol–water partition coefficient (Wildman–Crippen LogP) is 3.88. The van der Waals surface area contributed by atoms with E-state index >= 15 is 0 Å². The Labute approximate surface area is 128 Å². The van der Waals surface area contributed by atoms with Gasteiger partial charge >= 0.3 is 0 Å². The fourth-order valence-corrected chi connectivity index (χ4v) is 2.33. The Hall–Kier alpha value is -2.46. The molecule has 0 saturated carbocycles. The molecule has 5 heteroatoms. The van der Waals surface area contributed by atoms with E-state index < -0.39 is 0 Å². The number of anilines is 3. The minimum absolute atomic E-state index is 0.565. The van der Waals surface area contributed by atoms with Crippen molar-refractivity contribution in [2.45, 2.75) is 0 Å². The Balaban J connectivity index is 1.98. The van der Waals surface area contributed by atoms with E-state index in [-0.39, 0.29) is 0 Å². The molecule has 0 unspecified atom stereocenters. The van der Waals surface area contributed by atoms with Gasteiger partial charge in [-0.2, -0.15) is 0 Å². The fraction of sp³-hybridized carbons (Fsp3) is 0.0625. The Morgan fingerprint density at radius 2 is 1.81 bits per heavy atom. The van der Waals surface area contributed by atoms with Gasteiger partial charge in [0.25, 0.3) is 0 Å². The normalized spacial score (nSPS) is 10.6. The molecule has 0 aliphatic heterocycles. The first-order valence-corrected chi connectivity index (χ1v) is 6.93. The molecule has 21 heavy (non-hydrogen) atoms. The molecular weight excluding hydrogens is 284 g/mol. The largest absolute Gasteiger partial charge is 0.384 e. The van der Waals surface area contributed by atoms with E-state index in [0.717, 1.165) is 17.2 Å². The van der Waals surface area contributed by atoms with Crippen molar-refractivity contribution in [1.82, 2.24) is 9.78 Å². The third-order valence-electron chi connectivity index (χ3n) is 3.26. The molecule has 1 aromatic heterocycles. The monoisotopic (exact) mass is 298 g/mol. The molecule has 0 bridgehead atoms. The van der Waals surface area contributed by atoms with E-state index in [0.29, 0.717) is 10.8 Å². The molecule has 1 heterocycles. The number of halogens is 1. The number of para-hydroxylation sites is 1. The lowest BCUT2D eigenvalue weighted by Gasteiger charge is -2.15. The average Bonchev–Trinajstić information content (AvgIpc) is 2.89. The van der Waals surface area contributed by atoms with Gasteiger partial charge in [-0.25, -0.2) is 4.68 Å². The lowest BCUT2D eigenvalue weighted by Crippen LogP contribution is -2.10. The first-order valence-electron chi connectivity index (χ1n) is 6.55. The minimum atomic E-state index is 0.565. The van der Waals surface area contributed by atoms with E-state index in [9.17, 15) is 0 Å². The summed E-state index contributed by atoms with van der Waals surface area (Å²) in [5.41, 5.74) is 7.96. The molecule has 2 aromatic carbocycles. The first kappa shape index (κ1) is 13.5. The highest BCUT2D eigenvalue weighted by Gasteiger charge is 2.12. The molecule has 0 amide bonds. The Bertz CT molecular complexity index is 752. The molecule has 0 atom stereocenters. The van der Waals surface area contributed by atoms with Crippen molar-refractivity contribution in [1.29, 1.82) is 0 Å². The van der Waals surface area contributed by atoms with Crippen molar-refractivity contribution >= 4 is 28.9 Å². The average molecular weight is 299 g/mol. The Morgan fingerprint density at radius 3 is 2.52 bits per heavy atom. The van der Waals surface area contributed by atoms with Crippen LogP contribution in [0.1, 0.15) is 0 Å². The van der Waals surface area contributed by atoms with Gasteiger partial charge in [-0.1, -0.05) is 35.9 Å². The van der Waals surface area contributed by atoms with Crippen LogP contribution in [0.25, 0.3) is 5.69 Å². The standard InChI is InChI=1S/C16H15ClN4/c1-20(13-7-3-2-4-8-13)16-11-15(18)21(19-16)14-9-5-6-12(17)10-14/h2-11H,18H2,1H3. The van der Waals surface area contributed by atoms with Crippen molar-refractivity contribution in [2.24, 2.45) is 0 Å². The number of hydrogen-bond acceptors (Lipinski definition) is 3. The molecule has 4 nitrogen and oxygen atoms in total. The van der Waals surface area contributed by atoms with Gasteiger partial charge in [-0.05, 0) is 30.3 Å². The molecule has 3 rings (SSSR count). The zero-order valence-corrected chi connectivity index (χ0v) is 12.3. The zero-order valence-electron chi connectivity index (χ0n) is 11.6. The summed E-state index contributed by atoms with van der Waals surface area (Å²) in [5.74, 6) is 1.34. The van der Waals surface area contributed by atoms with Crippen LogP contribution >= 0.6 is 11.6 Å². The molecule has 0 fully saturated rings. The minimum Gasteiger partial charge on any atom is -0.384 e. The van der Waals surface area contributed by atoms with Gasteiger partial charge in [0.15, 0.2) is 5.82 Å². The van der Waals surface area contributed by atoms with Crippen molar-refractivity contribution in [3.63, 3.8) is 0 Å². The second-order valence-electron chi connectivity index (χ2n) is 4.71. The van der Waals surface area contributed by atoms with Gasteiger partial charge in [0, 0.05) is 23.8 Å². The second-order valence-corrected chi connectivity index (χ2v) is 5.15. The highest BCUT2D eigenvalue weighted by atomic mass is 35.5. The topological polar surface area (TPSA) is 47.1 Å². The van der Waals surface area contributed by atoms with Gasteiger partial charge in [-0.3, -0.25) is 0 Å². The van der Waals surface area contributed by atoms with Crippen LogP contribution in [0, 0.1) is 0 Å². The molecule has 0 aliphatic rings. The summed E-state index contributed by atoms with van der Waals surface area (Å²) in [6.07, 6.45) is 0. The summed E-state index contributed by atoms with van der Waals surface area (Å²) in [7, 11) is 1.96. The number of nitrogens with two attached hydrogens (primary N) is 1. The van der Waals surface area contributed by atoms with Crippen LogP contribution in [0.4, 0.5) is 17.3 Å². The quantitative estimate of drug-likeness (QED) is 0.798. The van der Waals surface area contributed by atoms with Gasteiger partial charge in [0.2, 0.25) is 0 Å². The van der Waals surface area contributed by atoms with Crippen LogP contribution in [0.2, 0.25) is 5.02 Å². The van der Waals surface area contributed by atoms with Crippen LogP contribution in [-0.2, 0) is 0 Å². The molecule has 0 spiro atoms. The van der Waals surface area contributed by atoms with Crippen LogP contribution in [0.15, 0.2) is 60.7 Å². The number of nitrogens with zero attached hydrogens (tertiary/aromatic N) is 3. The van der Waals surface area contributed by atoms with E-state index in [1.54, 1.807) is 4.68 Å². The maximum absolute atomic E-state index is 6.07. The maximum Gasteiger partial charge on any atom is 0.157 e. The highest BCUT2D eigenvalue weighted by Crippen LogP contribution is 2.26. The number of rotatable bonds is 3. The lowest BCUT2D eigenvalue weighted by atomic mass is 10.3. The maximum atomic E-state index is 6.07. The molecule has 0 radical (unpaired) electrons. The summed E-state index contributed by atoms with van der Waals surface area (Å²) < 4.78 is 1.68. The number of benzene rings is 2. The summed E-state index contributed by atoms with van der Waals surface area (Å²) in [4.78, 5) is 1.98. The Morgan fingerprint density at radius 1 is 1.05 bits per heavy atom. The summed E-state index contributed by atoms with van der Waals surface area (Å²) in [6.45, 7) is 0. The predicted molar refractivity (Wildman–Crippen MR) is 87.5 cm³/mol. The van der Waals surface area contributed by atoms with Crippen molar-refractivity contribution < 1.29 is 0 Å². The summed E-state index contributed by atoms with van der Waals surface area (Å²) >= 11 is 6.02. The summed E-state index contributed by atoms with van der Waals surface area (Å²) in [6, 6.07) is 19.3. The van der Waals surface area contributed by atoms with Gasteiger partial charge in [0.1, 0.15) is 5.82 Å². The third kappa shape index (κ3) is 2.71. The van der Waals surface area contributed by atoms with E-state index in [1.807, 2.05) is 72.6 Å². The molecule has 0 aliphatic carbocycles. The van der Waals surface area contributed by atoms with Crippen molar-refractivity contribution in [3.8, 4) is 5.69 Å². The lowest BCUT2D eigenvalue weighted by molar-refractivity contribution is 0.882. The van der Waals surface area contributed by atoms with Gasteiger partial charge in [0.05, 0.1) is 5.69 Å². The van der Waals surface area contributed by atoms with Gasteiger partial charge in [-0.15, -0.1) is 5.10 Å². The van der Waals surface area contributed by atoms with E-state index in [1.165, 1.54) is 0 Å². The highest BCUT2D eigenvalue weighted by molar-refractivity contribution is 6.30. The summed E-state index contributed by atoms with van der Waals surface area (Å²) in [5, 5.41) is 5.21. The van der Waals surface area contributed by atoms with Crippen molar-refractivity contribution in [2.75, 3.05) is 17.7 Å². The fourth-order valence-electron chi connectivity index (χ4n) is 2.14. The SMILES string of the molecule is CN(c1ccccc1)c1cc(N)n(-c2cccc(Cl)c2)n1. The first-order chi connectivity index (χ1) is 10.1. The Kier molecular flexibility index (Phi) is 3.54. The van der Waals surface area contributed by atoms with Crippen LogP contribution < -0.4 is 10.6 Å². The zero-order chi connectivity index (χ0) is 14.8. The van der Waals surface area contributed by atoms with Crippen LogP contribution in [0.5, 0.6) is 0 Å². The second kappa shape index (κ2) is 5.50. The van der Waals surface area contributed by atoms with Gasteiger partial charge < -0.3 is 10.6 Å². The molecular formula is C16H15ClN4. The molecule has 3 aromatic rings. The van der Waals surface area contributed by atoms with E-state index in [2.05, 4.69) is 5.10 Å². The number of nitrogen functional groups attached to an aromatic ring is 1. The molecule has 0 saturated heterocycles. The smallest absolute Gasteiger partial charge is 0.157 e. The van der Waals surface area contributed by atoms with Crippen molar-refractivity contribution in [3.05, 3.63) is 65.7 Å². The van der Waals surface area contributed by atoms with Crippen LogP contribution in [0.3, 0.4) is 0 Å². The number of aromatic nitrogens is 2. The van der Waals surface area contributed by atoms with Crippen LogP contribution in [-0.4, -0.2) is 16.8 Å². The number of hydrogen-bond donors (Lipinski definition) is 1. The van der Waals surface area contributed by atoms with E-state index in [4.69, 9.17) is 17.3 Å². The molecule has 2 N–H and O–H groups in total. The molecule has 106 valence electrons. The third-order valence-corrected chi connectivity index (χ3v) is 3.50.